The molecule has 0 aliphatic heterocycles. The zero-order valence-electron chi connectivity index (χ0n) is 17.2. The van der Waals surface area contributed by atoms with Gasteiger partial charge in [-0.3, -0.25) is 10.1 Å². The molecule has 1 unspecified atom stereocenters. The Balaban J connectivity index is 3.77. The van der Waals surface area contributed by atoms with Crippen LogP contribution in [0, 0.1) is 26.9 Å². The number of esters is 2. The zero-order chi connectivity index (χ0) is 22.2. The molecule has 1 aromatic rings. The highest BCUT2D eigenvalue weighted by Crippen LogP contribution is 2.34. The molecule has 156 valence electrons. The van der Waals surface area contributed by atoms with E-state index in [4.69, 9.17) is 9.47 Å². The van der Waals surface area contributed by atoms with Gasteiger partial charge in [-0.1, -0.05) is 25.5 Å². The molecule has 0 aliphatic rings. The van der Waals surface area contributed by atoms with Crippen LogP contribution in [-0.2, 0) is 19.1 Å². The monoisotopic (exact) mass is 403 g/mol. The summed E-state index contributed by atoms with van der Waals surface area (Å²) in [5.74, 6) is -1.97. The predicted octanol–water partition coefficient (Wildman–Crippen LogP) is 3.88. The van der Waals surface area contributed by atoms with Crippen molar-refractivity contribution in [2.75, 3.05) is 6.61 Å². The number of ether oxygens (including phenoxy) is 2. The Bertz CT molecular complexity index is 851. The molecule has 0 radical (unpaired) electrons. The quantitative estimate of drug-likeness (QED) is 0.278. The molecule has 1 aromatic carbocycles. The molecule has 0 aliphatic carbocycles. The summed E-state index contributed by atoms with van der Waals surface area (Å²) in [5.41, 5.74) is -4.07. The van der Waals surface area contributed by atoms with Gasteiger partial charge in [0.05, 0.1) is 17.6 Å². The van der Waals surface area contributed by atoms with Crippen molar-refractivity contribution in [1.29, 1.82) is 5.26 Å². The molecular weight excluding hydrogens is 378 g/mol. The van der Waals surface area contributed by atoms with Crippen molar-refractivity contribution in [2.24, 2.45) is 10.4 Å². The van der Waals surface area contributed by atoms with Crippen LogP contribution in [-0.4, -0.2) is 34.8 Å². The highest BCUT2D eigenvalue weighted by molar-refractivity contribution is 6.44. The highest BCUT2D eigenvalue weighted by atomic mass is 16.6. The predicted molar refractivity (Wildman–Crippen MR) is 106 cm³/mol. The van der Waals surface area contributed by atoms with E-state index < -0.39 is 33.6 Å². The van der Waals surface area contributed by atoms with Gasteiger partial charge in [0.1, 0.15) is 11.3 Å². The molecular formula is C20H25N3O6. The van der Waals surface area contributed by atoms with Crippen LogP contribution in [0.1, 0.15) is 47.5 Å². The number of hydrogen-bond acceptors (Lipinski definition) is 8. The lowest BCUT2D eigenvalue weighted by Crippen LogP contribution is -2.46. The minimum atomic E-state index is -2.07. The number of hydrogen-bond donors (Lipinski definition) is 0. The molecule has 1 atom stereocenters. The van der Waals surface area contributed by atoms with Gasteiger partial charge in [-0.15, -0.1) is 0 Å². The van der Waals surface area contributed by atoms with Crippen LogP contribution in [0.2, 0.25) is 0 Å². The van der Waals surface area contributed by atoms with E-state index in [0.717, 1.165) is 0 Å². The van der Waals surface area contributed by atoms with Gasteiger partial charge in [-0.2, -0.15) is 5.26 Å². The fourth-order valence-electron chi connectivity index (χ4n) is 2.56. The van der Waals surface area contributed by atoms with Gasteiger partial charge in [-0.25, -0.2) is 14.6 Å². The standard InChI is InChI=1S/C20H25N3O6/c1-6-12-20(13-21,18(25)29-19(3,4)5)16(17(24)28-7-2)22-14-10-8-9-11-15(14)23(26)27/h8-11H,6-7,12H2,1-5H3. The third-order valence-corrected chi connectivity index (χ3v) is 3.75. The number of carbonyl (C=O) groups excluding carboxylic acids is 2. The summed E-state index contributed by atoms with van der Waals surface area (Å²) in [4.78, 5) is 40.4. The lowest BCUT2D eigenvalue weighted by Gasteiger charge is -2.29. The number of carbonyl (C=O) groups is 2. The maximum absolute atomic E-state index is 13.0. The molecule has 0 fully saturated rings. The number of para-hydroxylation sites is 2. The summed E-state index contributed by atoms with van der Waals surface area (Å²) >= 11 is 0. The van der Waals surface area contributed by atoms with Crippen molar-refractivity contribution in [3.8, 4) is 6.07 Å². The fourth-order valence-corrected chi connectivity index (χ4v) is 2.56. The molecule has 0 aromatic heterocycles. The molecule has 0 amide bonds. The minimum absolute atomic E-state index is 0.0311. The van der Waals surface area contributed by atoms with E-state index in [1.165, 1.54) is 24.3 Å². The Morgan fingerprint density at radius 2 is 1.86 bits per heavy atom. The van der Waals surface area contributed by atoms with E-state index >= 15 is 0 Å². The summed E-state index contributed by atoms with van der Waals surface area (Å²) in [5, 5.41) is 21.3. The average Bonchev–Trinajstić information content (AvgIpc) is 2.63. The van der Waals surface area contributed by atoms with Gasteiger partial charge in [0.15, 0.2) is 5.71 Å². The van der Waals surface area contributed by atoms with Gasteiger partial charge in [0, 0.05) is 6.07 Å². The Kier molecular flexibility index (Phi) is 8.01. The molecule has 0 saturated heterocycles. The van der Waals surface area contributed by atoms with Gasteiger partial charge in [0.2, 0.25) is 5.41 Å². The second-order valence-electron chi connectivity index (χ2n) is 7.20. The summed E-state index contributed by atoms with van der Waals surface area (Å²) in [6.07, 6.45) is 0.277. The van der Waals surface area contributed by atoms with E-state index in [1.807, 2.05) is 6.07 Å². The smallest absolute Gasteiger partial charge is 0.355 e. The first-order chi connectivity index (χ1) is 13.5. The minimum Gasteiger partial charge on any atom is -0.461 e. The second kappa shape index (κ2) is 9.78. The van der Waals surface area contributed by atoms with Crippen molar-refractivity contribution in [1.82, 2.24) is 0 Å². The maximum atomic E-state index is 13.0. The zero-order valence-corrected chi connectivity index (χ0v) is 17.2. The van der Waals surface area contributed by atoms with Crippen molar-refractivity contribution < 1.29 is 24.0 Å². The van der Waals surface area contributed by atoms with Crippen molar-refractivity contribution in [2.45, 2.75) is 53.1 Å². The number of nitro benzene ring substituents is 1. The number of nitro groups is 1. The molecule has 0 bridgehead atoms. The van der Waals surface area contributed by atoms with Crippen LogP contribution in [0.5, 0.6) is 0 Å². The third-order valence-electron chi connectivity index (χ3n) is 3.75. The first kappa shape index (κ1) is 23.8. The Morgan fingerprint density at radius 1 is 1.24 bits per heavy atom. The van der Waals surface area contributed by atoms with E-state index in [0.29, 0.717) is 6.42 Å². The number of nitrogens with zero attached hydrogens (tertiary/aromatic N) is 3. The lowest BCUT2D eigenvalue weighted by atomic mass is 9.79. The second-order valence-corrected chi connectivity index (χ2v) is 7.20. The number of nitriles is 1. The largest absolute Gasteiger partial charge is 0.461 e. The van der Waals surface area contributed by atoms with E-state index in [1.54, 1.807) is 34.6 Å². The normalized spacial score (nSPS) is 13.7. The number of aliphatic imine (C=N–C) groups is 1. The van der Waals surface area contributed by atoms with Crippen LogP contribution in [0.4, 0.5) is 11.4 Å². The number of rotatable bonds is 8. The summed E-state index contributed by atoms with van der Waals surface area (Å²) in [6, 6.07) is 7.34. The first-order valence-electron chi connectivity index (χ1n) is 9.16. The van der Waals surface area contributed by atoms with E-state index in [-0.39, 0.29) is 24.4 Å². The third kappa shape index (κ3) is 5.85. The van der Waals surface area contributed by atoms with Gasteiger partial charge in [0.25, 0.3) is 5.69 Å². The molecule has 29 heavy (non-hydrogen) atoms. The summed E-state index contributed by atoms with van der Waals surface area (Å²) in [7, 11) is 0. The van der Waals surface area contributed by atoms with Crippen LogP contribution < -0.4 is 0 Å². The summed E-state index contributed by atoms with van der Waals surface area (Å²) < 4.78 is 10.4. The van der Waals surface area contributed by atoms with Crippen molar-refractivity contribution in [3.05, 3.63) is 34.4 Å². The van der Waals surface area contributed by atoms with Crippen LogP contribution in [0.3, 0.4) is 0 Å². The molecule has 0 N–H and O–H groups in total. The van der Waals surface area contributed by atoms with Crippen LogP contribution >= 0.6 is 0 Å². The summed E-state index contributed by atoms with van der Waals surface area (Å²) in [6.45, 7) is 8.13. The molecule has 0 spiro atoms. The molecule has 9 heteroatoms. The number of benzene rings is 1. The fraction of sp³-hybridized carbons (Fsp3) is 0.500. The van der Waals surface area contributed by atoms with Crippen molar-refractivity contribution in [3.63, 3.8) is 0 Å². The Labute approximate surface area is 169 Å². The van der Waals surface area contributed by atoms with Gasteiger partial charge < -0.3 is 9.47 Å². The van der Waals surface area contributed by atoms with E-state index in [9.17, 15) is 25.0 Å². The van der Waals surface area contributed by atoms with Crippen LogP contribution in [0.15, 0.2) is 29.3 Å². The molecule has 9 nitrogen and oxygen atoms in total. The molecule has 0 saturated carbocycles. The molecule has 1 rings (SSSR count). The Hall–Kier alpha value is -3.28. The van der Waals surface area contributed by atoms with Gasteiger partial charge >= 0.3 is 11.9 Å². The highest BCUT2D eigenvalue weighted by Gasteiger charge is 2.50. The first-order valence-corrected chi connectivity index (χ1v) is 9.16. The van der Waals surface area contributed by atoms with E-state index in [2.05, 4.69) is 4.99 Å². The van der Waals surface area contributed by atoms with Crippen molar-refractivity contribution >= 4 is 29.0 Å². The topological polar surface area (TPSA) is 132 Å². The SMILES string of the molecule is CCCC(C#N)(C(=O)OC(C)(C)C)C(=Nc1ccccc1[N+](=O)[O-])C(=O)OCC. The lowest BCUT2D eigenvalue weighted by molar-refractivity contribution is -0.384. The van der Waals surface area contributed by atoms with Gasteiger partial charge in [-0.05, 0) is 40.2 Å². The maximum Gasteiger partial charge on any atom is 0.355 e. The van der Waals surface area contributed by atoms with Crippen LogP contribution in [0.25, 0.3) is 0 Å². The average molecular weight is 403 g/mol. The molecule has 0 heterocycles. The Morgan fingerprint density at radius 3 is 2.34 bits per heavy atom.